The Morgan fingerprint density at radius 2 is 1.77 bits per heavy atom. The molecule has 5 rings (SSSR count). The number of aliphatic hydroxyl groups excluding tert-OH is 2. The molecule has 1 fully saturated rings. The molecule has 0 aliphatic carbocycles. The van der Waals surface area contributed by atoms with Gasteiger partial charge in [-0.3, -0.25) is 9.59 Å². The van der Waals surface area contributed by atoms with E-state index in [1.807, 2.05) is 48.0 Å². The number of urea groups is 1. The summed E-state index contributed by atoms with van der Waals surface area (Å²) in [5.41, 5.74) is 2.91. The molecule has 0 bridgehead atoms. The Labute approximate surface area is 250 Å². The van der Waals surface area contributed by atoms with Crippen LogP contribution in [-0.2, 0) is 16.1 Å². The van der Waals surface area contributed by atoms with E-state index in [-0.39, 0.29) is 11.3 Å². The van der Waals surface area contributed by atoms with E-state index in [4.69, 9.17) is 11.6 Å². The highest BCUT2D eigenvalue weighted by atomic mass is 35.5. The summed E-state index contributed by atoms with van der Waals surface area (Å²) in [5, 5.41) is 25.0. The lowest BCUT2D eigenvalue weighted by atomic mass is 10.0. The molecular formula is C31H27ClF2N4O5. The number of fused-ring (bicyclic) bond motifs is 1. The maximum atomic E-state index is 14.2. The maximum Gasteiger partial charge on any atom is 0.330 e. The molecule has 0 radical (unpaired) electrons. The Kier molecular flexibility index (Phi) is 8.58. The minimum absolute atomic E-state index is 0.155. The van der Waals surface area contributed by atoms with Gasteiger partial charge in [-0.05, 0) is 47.9 Å². The second-order valence-corrected chi connectivity index (χ2v) is 10.5. The molecule has 9 nitrogen and oxygen atoms in total. The summed E-state index contributed by atoms with van der Waals surface area (Å²) in [7, 11) is 0. The maximum absolute atomic E-state index is 14.2. The monoisotopic (exact) mass is 608 g/mol. The van der Waals surface area contributed by atoms with Gasteiger partial charge in [0.1, 0.15) is 11.7 Å². The molecule has 3 aromatic carbocycles. The molecule has 1 saturated heterocycles. The summed E-state index contributed by atoms with van der Waals surface area (Å²) in [4.78, 5) is 40.7. The van der Waals surface area contributed by atoms with Gasteiger partial charge in [-0.1, -0.05) is 54.1 Å². The third-order valence-corrected chi connectivity index (χ3v) is 7.63. The third kappa shape index (κ3) is 5.87. The molecule has 4 aromatic rings. The predicted octanol–water partition coefficient (Wildman–Crippen LogP) is 4.03. The lowest BCUT2D eigenvalue weighted by molar-refractivity contribution is -0.134. The number of rotatable bonds is 9. The van der Waals surface area contributed by atoms with Crippen molar-refractivity contribution in [2.75, 3.05) is 13.2 Å². The van der Waals surface area contributed by atoms with Crippen LogP contribution in [0.5, 0.6) is 0 Å². The molecule has 0 saturated carbocycles. The van der Waals surface area contributed by atoms with Gasteiger partial charge < -0.3 is 25.4 Å². The Morgan fingerprint density at radius 3 is 2.44 bits per heavy atom. The topological polar surface area (TPSA) is 124 Å². The van der Waals surface area contributed by atoms with E-state index in [0.29, 0.717) is 28.1 Å². The Bertz CT molecular complexity index is 1750. The highest BCUT2D eigenvalue weighted by molar-refractivity contribution is 6.32. The van der Waals surface area contributed by atoms with Crippen molar-refractivity contribution in [2.45, 2.75) is 25.6 Å². The summed E-state index contributed by atoms with van der Waals surface area (Å²) in [6.45, 7) is 1.09. The molecule has 1 aliphatic heterocycles. The SMILES string of the molecule is Cc1c(Cl)ccc2c(/C=C3\NC(=O)N(C(C(=O)NC(CO)CO)c4ccc(F)c(F)c4)C3=O)cn(Cc3ccccc3)c12. The standard InChI is InChI=1S/C31H27ClF2N4O5/c1-17-23(32)9-8-22-20(14-37(27(17)22)13-18-5-3-2-4-6-18)12-26-30(42)38(31(43)36-26)28(29(41)35-21(15-39)16-40)19-7-10-24(33)25(34)11-19/h2-12,14,21,28,39-40H,13,15-16H2,1H3,(H,35,41)(H,36,43)/b26-12-. The molecule has 1 aromatic heterocycles. The van der Waals surface area contributed by atoms with Crippen LogP contribution in [0, 0.1) is 18.6 Å². The van der Waals surface area contributed by atoms with E-state index in [1.54, 1.807) is 12.1 Å². The zero-order valence-corrected chi connectivity index (χ0v) is 23.6. The first-order valence-electron chi connectivity index (χ1n) is 13.3. The van der Waals surface area contributed by atoms with Crippen LogP contribution >= 0.6 is 11.6 Å². The number of aryl methyl sites for hydroxylation is 1. The number of hydrogen-bond acceptors (Lipinski definition) is 5. The van der Waals surface area contributed by atoms with Crippen molar-refractivity contribution < 1.29 is 33.4 Å². The molecule has 4 amide bonds. The number of nitrogens with one attached hydrogen (secondary N) is 2. The third-order valence-electron chi connectivity index (χ3n) is 7.22. The Balaban J connectivity index is 1.56. The van der Waals surface area contributed by atoms with Crippen LogP contribution in [-0.4, -0.2) is 56.8 Å². The van der Waals surface area contributed by atoms with Crippen LogP contribution in [0.4, 0.5) is 13.6 Å². The van der Waals surface area contributed by atoms with Gasteiger partial charge in [0.25, 0.3) is 5.91 Å². The highest BCUT2D eigenvalue weighted by Gasteiger charge is 2.43. The van der Waals surface area contributed by atoms with E-state index < -0.39 is 54.8 Å². The van der Waals surface area contributed by atoms with Crippen molar-refractivity contribution in [3.8, 4) is 0 Å². The van der Waals surface area contributed by atoms with E-state index in [0.717, 1.165) is 34.2 Å². The Morgan fingerprint density at radius 1 is 1.05 bits per heavy atom. The van der Waals surface area contributed by atoms with E-state index in [2.05, 4.69) is 10.6 Å². The molecule has 12 heteroatoms. The smallest absolute Gasteiger partial charge is 0.330 e. The van der Waals surface area contributed by atoms with Crippen molar-refractivity contribution in [3.63, 3.8) is 0 Å². The number of benzene rings is 3. The van der Waals surface area contributed by atoms with Gasteiger partial charge in [-0.2, -0.15) is 0 Å². The summed E-state index contributed by atoms with van der Waals surface area (Å²) in [5.74, 6) is -4.37. The minimum Gasteiger partial charge on any atom is -0.394 e. The fourth-order valence-corrected chi connectivity index (χ4v) is 5.22. The van der Waals surface area contributed by atoms with Crippen molar-refractivity contribution in [1.82, 2.24) is 20.1 Å². The lowest BCUT2D eigenvalue weighted by Gasteiger charge is -2.26. The molecule has 222 valence electrons. The molecular weight excluding hydrogens is 582 g/mol. The number of carbonyl (C=O) groups is 3. The number of halogens is 3. The van der Waals surface area contributed by atoms with Crippen molar-refractivity contribution >= 4 is 46.4 Å². The van der Waals surface area contributed by atoms with E-state index >= 15 is 0 Å². The number of carbonyl (C=O) groups excluding carboxylic acids is 3. The number of nitrogens with zero attached hydrogens (tertiary/aromatic N) is 2. The van der Waals surface area contributed by atoms with Crippen molar-refractivity contribution in [1.29, 1.82) is 0 Å². The molecule has 0 spiro atoms. The van der Waals surface area contributed by atoms with Gasteiger partial charge in [-0.25, -0.2) is 18.5 Å². The average Bonchev–Trinajstić information content (AvgIpc) is 3.47. The van der Waals surface area contributed by atoms with E-state index in [1.165, 1.54) is 6.08 Å². The second-order valence-electron chi connectivity index (χ2n) is 10.1. The molecule has 1 atom stereocenters. The van der Waals surface area contributed by atoms with Crippen molar-refractivity contribution in [3.05, 3.63) is 111 Å². The van der Waals surface area contributed by atoms with Gasteiger partial charge in [0, 0.05) is 28.7 Å². The highest BCUT2D eigenvalue weighted by Crippen LogP contribution is 2.33. The first-order chi connectivity index (χ1) is 20.6. The van der Waals surface area contributed by atoms with Crippen LogP contribution in [0.15, 0.2) is 72.6 Å². The van der Waals surface area contributed by atoms with Crippen LogP contribution in [0.1, 0.15) is 28.3 Å². The molecule has 1 aliphatic rings. The first-order valence-corrected chi connectivity index (χ1v) is 13.7. The average molecular weight is 609 g/mol. The normalized spacial score (nSPS) is 15.0. The number of hydrogen-bond donors (Lipinski definition) is 4. The van der Waals surface area contributed by atoms with E-state index in [9.17, 15) is 33.4 Å². The van der Waals surface area contributed by atoms with Crippen LogP contribution in [0.3, 0.4) is 0 Å². The summed E-state index contributed by atoms with van der Waals surface area (Å²) < 4.78 is 29.9. The van der Waals surface area contributed by atoms with Gasteiger partial charge >= 0.3 is 6.03 Å². The largest absolute Gasteiger partial charge is 0.394 e. The minimum atomic E-state index is -1.74. The Hall–Kier alpha value is -4.58. The quantitative estimate of drug-likeness (QED) is 0.169. The zero-order valence-electron chi connectivity index (χ0n) is 22.9. The molecule has 2 heterocycles. The fourth-order valence-electron chi connectivity index (χ4n) is 5.07. The van der Waals surface area contributed by atoms with Crippen LogP contribution < -0.4 is 10.6 Å². The van der Waals surface area contributed by atoms with Gasteiger partial charge in [0.2, 0.25) is 5.91 Å². The van der Waals surface area contributed by atoms with Crippen LogP contribution in [0.25, 0.3) is 17.0 Å². The second kappa shape index (κ2) is 12.3. The number of imide groups is 1. The number of amides is 4. The predicted molar refractivity (Wildman–Crippen MR) is 156 cm³/mol. The number of aliphatic hydroxyl groups is 2. The van der Waals surface area contributed by atoms with Gasteiger partial charge in [0.15, 0.2) is 11.6 Å². The first kappa shape index (κ1) is 29.9. The summed E-state index contributed by atoms with van der Waals surface area (Å²) >= 11 is 6.44. The van der Waals surface area contributed by atoms with Crippen molar-refractivity contribution in [2.24, 2.45) is 0 Å². The molecule has 4 N–H and O–H groups in total. The summed E-state index contributed by atoms with van der Waals surface area (Å²) in [6.07, 6.45) is 3.30. The fraction of sp³-hybridized carbons (Fsp3) is 0.194. The van der Waals surface area contributed by atoms with Gasteiger partial charge in [-0.15, -0.1) is 0 Å². The summed E-state index contributed by atoms with van der Waals surface area (Å²) in [6, 6.07) is 12.0. The molecule has 43 heavy (non-hydrogen) atoms. The zero-order chi connectivity index (χ0) is 30.8. The molecule has 1 unspecified atom stereocenters. The van der Waals surface area contributed by atoms with Crippen LogP contribution in [0.2, 0.25) is 5.02 Å². The van der Waals surface area contributed by atoms with Gasteiger partial charge in [0.05, 0.1) is 24.8 Å². The number of aromatic nitrogens is 1. The lowest BCUT2D eigenvalue weighted by Crippen LogP contribution is -2.48.